The molecule has 1 aromatic heterocycles. The molecule has 2 fully saturated rings. The van der Waals surface area contributed by atoms with Crippen molar-refractivity contribution in [2.75, 3.05) is 30.8 Å². The van der Waals surface area contributed by atoms with E-state index in [0.717, 1.165) is 42.0 Å². The summed E-state index contributed by atoms with van der Waals surface area (Å²) in [4.78, 5) is 49.4. The van der Waals surface area contributed by atoms with Crippen molar-refractivity contribution in [2.24, 2.45) is 0 Å². The first-order chi connectivity index (χ1) is 21.6. The molecule has 2 aromatic carbocycles. The quantitative estimate of drug-likeness (QED) is 0.419. The lowest BCUT2D eigenvalue weighted by Gasteiger charge is -2.58. The number of benzene rings is 2. The van der Waals surface area contributed by atoms with Crippen molar-refractivity contribution in [1.82, 2.24) is 14.8 Å². The van der Waals surface area contributed by atoms with Gasteiger partial charge in [-0.25, -0.2) is 13.8 Å². The molecule has 0 unspecified atom stereocenters. The minimum atomic E-state index is -1.10. The van der Waals surface area contributed by atoms with Crippen LogP contribution in [0.2, 0.25) is 0 Å². The number of anilines is 2. The summed E-state index contributed by atoms with van der Waals surface area (Å²) in [5.74, 6) is -1.50. The van der Waals surface area contributed by atoms with Crippen molar-refractivity contribution < 1.29 is 23.2 Å². The predicted molar refractivity (Wildman–Crippen MR) is 166 cm³/mol. The van der Waals surface area contributed by atoms with Gasteiger partial charge in [-0.15, -0.1) is 0 Å². The van der Waals surface area contributed by atoms with Crippen LogP contribution in [0.3, 0.4) is 0 Å². The summed E-state index contributed by atoms with van der Waals surface area (Å²) < 4.78 is 29.1. The summed E-state index contributed by atoms with van der Waals surface area (Å²) in [5.41, 5.74) is 1.21. The number of likely N-dealkylation sites (N-methyl/N-ethyl adjacent to an activating group) is 1. The fourth-order valence-electron chi connectivity index (χ4n) is 8.46. The summed E-state index contributed by atoms with van der Waals surface area (Å²) in [6, 6.07) is 12.8. The minimum Gasteiger partial charge on any atom is -0.325 e. The van der Waals surface area contributed by atoms with Gasteiger partial charge >= 0.3 is 0 Å². The van der Waals surface area contributed by atoms with Gasteiger partial charge < -0.3 is 15.5 Å². The SMILES string of the molecule is CC[C@@]1(c2cc(F)cc(F)c2)CN(C)C2(CCCCC2)C(=O)N1CC(=O)Nc1ccc2c(c1)C[C@@]1(C2)C(=O)Nc2ncccc21. The lowest BCUT2D eigenvalue weighted by atomic mass is 9.72. The largest absolute Gasteiger partial charge is 0.325 e. The van der Waals surface area contributed by atoms with E-state index in [4.69, 9.17) is 0 Å². The Morgan fingerprint density at radius 1 is 1.00 bits per heavy atom. The highest BCUT2D eigenvalue weighted by Gasteiger charge is 2.57. The second-order valence-corrected chi connectivity index (χ2v) is 13.2. The molecule has 2 N–H and O–H groups in total. The van der Waals surface area contributed by atoms with Crippen molar-refractivity contribution in [3.63, 3.8) is 0 Å². The molecule has 10 heteroatoms. The zero-order valence-electron chi connectivity index (χ0n) is 25.6. The number of rotatable bonds is 5. The molecule has 2 spiro atoms. The van der Waals surface area contributed by atoms with Crippen LogP contribution in [-0.4, -0.2) is 58.2 Å². The first kappa shape index (κ1) is 29.5. The van der Waals surface area contributed by atoms with Gasteiger partial charge in [0.15, 0.2) is 0 Å². The van der Waals surface area contributed by atoms with E-state index in [-0.39, 0.29) is 18.4 Å². The molecule has 2 aliphatic heterocycles. The molecule has 2 aliphatic carbocycles. The smallest absolute Gasteiger partial charge is 0.244 e. The van der Waals surface area contributed by atoms with Crippen LogP contribution in [0.5, 0.6) is 0 Å². The molecule has 4 aliphatic rings. The number of halogens is 2. The van der Waals surface area contributed by atoms with Gasteiger partial charge in [-0.05, 0) is 86.2 Å². The molecule has 7 rings (SSSR count). The summed E-state index contributed by atoms with van der Waals surface area (Å²) in [6.45, 7) is 1.98. The molecule has 3 heterocycles. The van der Waals surface area contributed by atoms with E-state index < -0.39 is 34.0 Å². The number of nitrogens with zero attached hydrogens (tertiary/aromatic N) is 3. The first-order valence-electron chi connectivity index (χ1n) is 15.8. The highest BCUT2D eigenvalue weighted by Crippen LogP contribution is 2.48. The topological polar surface area (TPSA) is 94.6 Å². The second kappa shape index (κ2) is 10.7. The third-order valence-corrected chi connectivity index (χ3v) is 10.8. The Balaban J connectivity index is 1.18. The van der Waals surface area contributed by atoms with Crippen LogP contribution in [0.1, 0.15) is 67.7 Å². The van der Waals surface area contributed by atoms with Crippen LogP contribution in [0.15, 0.2) is 54.7 Å². The molecule has 3 aromatic rings. The number of amides is 3. The normalized spacial score (nSPS) is 25.4. The lowest BCUT2D eigenvalue weighted by molar-refractivity contribution is -0.170. The third-order valence-electron chi connectivity index (χ3n) is 10.8. The van der Waals surface area contributed by atoms with Gasteiger partial charge in [-0.2, -0.15) is 0 Å². The fourth-order valence-corrected chi connectivity index (χ4v) is 8.46. The summed E-state index contributed by atoms with van der Waals surface area (Å²) in [5, 5.41) is 5.90. The lowest BCUT2D eigenvalue weighted by Crippen LogP contribution is -2.72. The first-order valence-corrected chi connectivity index (χ1v) is 15.8. The Kier molecular flexibility index (Phi) is 7.03. The molecule has 45 heavy (non-hydrogen) atoms. The Morgan fingerprint density at radius 2 is 1.73 bits per heavy atom. The number of hydrogen-bond donors (Lipinski definition) is 2. The Labute approximate surface area is 261 Å². The second-order valence-electron chi connectivity index (χ2n) is 13.2. The predicted octanol–water partition coefficient (Wildman–Crippen LogP) is 5.07. The van der Waals surface area contributed by atoms with Crippen LogP contribution in [0, 0.1) is 11.6 Å². The summed E-state index contributed by atoms with van der Waals surface area (Å²) in [7, 11) is 1.91. The monoisotopic (exact) mass is 613 g/mol. The minimum absolute atomic E-state index is 0.0760. The average molecular weight is 614 g/mol. The molecule has 8 nitrogen and oxygen atoms in total. The van der Waals surface area contributed by atoms with E-state index in [2.05, 4.69) is 20.5 Å². The van der Waals surface area contributed by atoms with Gasteiger partial charge in [-0.1, -0.05) is 38.3 Å². The van der Waals surface area contributed by atoms with E-state index >= 15 is 0 Å². The number of piperazine rings is 1. The van der Waals surface area contributed by atoms with Crippen LogP contribution in [0.25, 0.3) is 0 Å². The van der Waals surface area contributed by atoms with Crippen LogP contribution < -0.4 is 10.6 Å². The van der Waals surface area contributed by atoms with Crippen molar-refractivity contribution >= 4 is 29.2 Å². The van der Waals surface area contributed by atoms with E-state index in [1.165, 1.54) is 12.1 Å². The molecular weight excluding hydrogens is 576 g/mol. The zero-order valence-corrected chi connectivity index (χ0v) is 25.6. The van der Waals surface area contributed by atoms with Gasteiger partial charge in [0, 0.05) is 30.1 Å². The Morgan fingerprint density at radius 3 is 2.47 bits per heavy atom. The van der Waals surface area contributed by atoms with Crippen molar-refractivity contribution in [3.8, 4) is 0 Å². The van der Waals surface area contributed by atoms with Crippen molar-refractivity contribution in [2.45, 2.75) is 74.8 Å². The van der Waals surface area contributed by atoms with Crippen LogP contribution in [-0.2, 0) is 38.2 Å². The number of carbonyl (C=O) groups excluding carboxylic acids is 3. The van der Waals surface area contributed by atoms with Crippen molar-refractivity contribution in [1.29, 1.82) is 0 Å². The van der Waals surface area contributed by atoms with E-state index in [0.29, 0.717) is 55.7 Å². The van der Waals surface area contributed by atoms with Gasteiger partial charge in [0.2, 0.25) is 17.7 Å². The van der Waals surface area contributed by atoms with Gasteiger partial charge in [0.1, 0.15) is 29.5 Å². The van der Waals surface area contributed by atoms with Gasteiger partial charge in [0.05, 0.1) is 11.0 Å². The molecule has 3 amide bonds. The van der Waals surface area contributed by atoms with E-state index in [9.17, 15) is 23.2 Å². The molecule has 2 atom stereocenters. The number of fused-ring (bicyclic) bond motifs is 3. The van der Waals surface area contributed by atoms with E-state index in [1.807, 2.05) is 44.3 Å². The standard InChI is InChI=1S/C35H37F2N5O3/c1-3-34(24-15-25(36)17-26(37)16-24)21-41(2)35(11-5-4-6-12-35)32(45)42(34)20-29(43)39-27-10-9-22-18-33(19-23(22)14-27)28-8-7-13-38-30(28)40-31(33)44/h7-10,13-17H,3-6,11-12,18-21H2,1-2H3,(H,39,43)(H,38,40,44)/t33-,34+/m1/s1. The molecule has 0 radical (unpaired) electrons. The van der Waals surface area contributed by atoms with E-state index in [1.54, 1.807) is 11.1 Å². The molecule has 1 saturated carbocycles. The Bertz CT molecular complexity index is 1700. The summed E-state index contributed by atoms with van der Waals surface area (Å²) in [6.07, 6.45) is 7.26. The maximum Gasteiger partial charge on any atom is 0.244 e. The Hall–Kier alpha value is -4.18. The zero-order chi connectivity index (χ0) is 31.6. The maximum atomic E-state index is 14.6. The van der Waals surface area contributed by atoms with Gasteiger partial charge in [0.25, 0.3) is 0 Å². The number of aromatic nitrogens is 1. The van der Waals surface area contributed by atoms with Crippen LogP contribution >= 0.6 is 0 Å². The molecule has 234 valence electrons. The molecular formula is C35H37F2N5O3. The number of carbonyl (C=O) groups is 3. The number of nitrogens with one attached hydrogen (secondary N) is 2. The third kappa shape index (κ3) is 4.56. The molecule has 1 saturated heterocycles. The van der Waals surface area contributed by atoms with Gasteiger partial charge in [-0.3, -0.25) is 19.3 Å². The van der Waals surface area contributed by atoms with Crippen LogP contribution in [0.4, 0.5) is 20.3 Å². The molecule has 0 bridgehead atoms. The number of pyridine rings is 1. The fraction of sp³-hybridized carbons (Fsp3) is 0.429. The highest BCUT2D eigenvalue weighted by molar-refractivity contribution is 6.06. The van der Waals surface area contributed by atoms with Crippen molar-refractivity contribution in [3.05, 3.63) is 88.6 Å². The highest BCUT2D eigenvalue weighted by atomic mass is 19.1. The average Bonchev–Trinajstić information content (AvgIpc) is 3.54. The number of hydrogen-bond acceptors (Lipinski definition) is 5. The summed E-state index contributed by atoms with van der Waals surface area (Å²) >= 11 is 0. The maximum absolute atomic E-state index is 14.6.